The Morgan fingerprint density at radius 3 is 1.93 bits per heavy atom. The van der Waals surface area contributed by atoms with Gasteiger partial charge in [-0.1, -0.05) is 41.6 Å². The predicted molar refractivity (Wildman–Crippen MR) is 103 cm³/mol. The molecule has 0 unspecified atom stereocenters. The summed E-state index contributed by atoms with van der Waals surface area (Å²) in [6, 6.07) is 21.0. The Kier molecular flexibility index (Phi) is 4.04. The van der Waals surface area contributed by atoms with Gasteiger partial charge in [-0.15, -0.1) is 0 Å². The van der Waals surface area contributed by atoms with Crippen LogP contribution in [0.1, 0.15) is 5.89 Å². The highest BCUT2D eigenvalue weighted by molar-refractivity contribution is 7.94. The second-order valence-electron chi connectivity index (χ2n) is 6.58. The minimum Gasteiger partial charge on any atom is -0.329 e. The smallest absolute Gasteiger partial charge is 0.329 e. The van der Waals surface area contributed by atoms with E-state index < -0.39 is 21.8 Å². The molecule has 1 aromatic heterocycles. The average molecular weight is 427 g/mol. The normalized spacial score (nSPS) is 14.2. The lowest BCUT2D eigenvalue weighted by atomic mass is 10.1. The van der Waals surface area contributed by atoms with Gasteiger partial charge in [0.25, 0.3) is 0 Å². The first-order chi connectivity index (χ1) is 14.4. The number of aromatic nitrogens is 2. The highest BCUT2D eigenvalue weighted by atomic mass is 32.2. The maximum absolute atomic E-state index is 13.9. The van der Waals surface area contributed by atoms with Crippen LogP contribution in [0, 0.1) is 0 Å². The third-order valence-corrected chi connectivity index (χ3v) is 7.06. The van der Waals surface area contributed by atoms with Gasteiger partial charge in [-0.25, -0.2) is 4.21 Å². The molecule has 0 N–H and O–H groups in total. The van der Waals surface area contributed by atoms with Crippen molar-refractivity contribution in [3.63, 3.8) is 0 Å². The minimum atomic E-state index is -4.71. The zero-order valence-corrected chi connectivity index (χ0v) is 15.9. The molecule has 0 bridgehead atoms. The average Bonchev–Trinajstić information content (AvgIpc) is 3.33. The van der Waals surface area contributed by atoms with Gasteiger partial charge in [-0.05, 0) is 36.4 Å². The molecule has 1 aliphatic heterocycles. The van der Waals surface area contributed by atoms with E-state index in [2.05, 4.69) is 19.0 Å². The molecule has 150 valence electrons. The van der Waals surface area contributed by atoms with Crippen molar-refractivity contribution < 1.29 is 21.9 Å². The number of fused-ring (bicyclic) bond motifs is 3. The summed E-state index contributed by atoms with van der Waals surface area (Å²) < 4.78 is 60.7. The summed E-state index contributed by atoms with van der Waals surface area (Å²) >= 11 is 0. The largest absolute Gasteiger partial charge is 0.471 e. The molecular weight excluding hydrogens is 415 g/mol. The van der Waals surface area contributed by atoms with Crippen LogP contribution in [0.5, 0.6) is 0 Å². The van der Waals surface area contributed by atoms with Gasteiger partial charge in [-0.3, -0.25) is 0 Å². The molecule has 0 atom stereocenters. The summed E-state index contributed by atoms with van der Waals surface area (Å²) in [5, 5.41) is 3.37. The fourth-order valence-corrected chi connectivity index (χ4v) is 5.68. The van der Waals surface area contributed by atoms with Crippen molar-refractivity contribution in [3.8, 4) is 22.5 Å². The lowest BCUT2D eigenvalue weighted by Gasteiger charge is -2.06. The molecule has 4 aromatic rings. The van der Waals surface area contributed by atoms with Crippen molar-refractivity contribution in [3.05, 3.63) is 78.7 Å². The monoisotopic (exact) mass is 427 g/mol. The molecule has 0 amide bonds. The molecule has 0 aliphatic carbocycles. The Bertz CT molecular complexity index is 1330. The first-order valence-electron chi connectivity index (χ1n) is 8.83. The number of rotatable bonds is 2. The minimum absolute atomic E-state index is 0.186. The van der Waals surface area contributed by atoms with Gasteiger partial charge in [0.15, 0.2) is 0 Å². The van der Waals surface area contributed by atoms with Crippen LogP contribution >= 0.6 is 0 Å². The first-order valence-corrected chi connectivity index (χ1v) is 10.3. The molecule has 0 spiro atoms. The van der Waals surface area contributed by atoms with Crippen molar-refractivity contribution in [2.24, 2.45) is 4.36 Å². The molecule has 5 nitrogen and oxygen atoms in total. The number of benzene rings is 3. The Labute approximate surface area is 169 Å². The van der Waals surface area contributed by atoms with E-state index >= 15 is 0 Å². The summed E-state index contributed by atoms with van der Waals surface area (Å²) in [4.78, 5) is 4.65. The number of halogens is 3. The van der Waals surface area contributed by atoms with Crippen LogP contribution < -0.4 is 0 Å². The molecule has 0 fully saturated rings. The van der Waals surface area contributed by atoms with Crippen LogP contribution in [0.25, 0.3) is 22.5 Å². The summed E-state index contributed by atoms with van der Waals surface area (Å²) in [6.45, 7) is 0. The molecule has 0 saturated carbocycles. The van der Waals surface area contributed by atoms with E-state index in [1.54, 1.807) is 24.3 Å². The second-order valence-corrected chi connectivity index (χ2v) is 8.69. The second kappa shape index (κ2) is 6.53. The van der Waals surface area contributed by atoms with Crippen LogP contribution in [0.15, 0.2) is 91.5 Å². The third kappa shape index (κ3) is 2.89. The lowest BCUT2D eigenvalue weighted by Crippen LogP contribution is -2.04. The summed E-state index contributed by atoms with van der Waals surface area (Å²) in [7, 11) is -2.89. The number of hydrogen-bond donors (Lipinski definition) is 0. The quantitative estimate of drug-likeness (QED) is 0.349. The van der Waals surface area contributed by atoms with Crippen molar-refractivity contribution in [2.75, 3.05) is 0 Å². The van der Waals surface area contributed by atoms with Gasteiger partial charge < -0.3 is 4.52 Å². The maximum Gasteiger partial charge on any atom is 0.471 e. The molecule has 5 rings (SSSR count). The third-order valence-electron chi connectivity index (χ3n) is 4.69. The Hall–Kier alpha value is -3.46. The van der Waals surface area contributed by atoms with E-state index in [0.29, 0.717) is 21.0 Å². The topological polar surface area (TPSA) is 68.3 Å². The number of alkyl halides is 3. The Morgan fingerprint density at radius 2 is 1.40 bits per heavy atom. The van der Waals surface area contributed by atoms with Crippen molar-refractivity contribution in [1.29, 1.82) is 0 Å². The maximum atomic E-state index is 13.9. The SMILES string of the molecule is O=S1(=Nc2ccc(-c3noc(C(F)(F)F)n3)cc2)c2ccccc2-c2ccccc21. The molecule has 30 heavy (non-hydrogen) atoms. The molecule has 1 aliphatic rings. The fourth-order valence-electron chi connectivity index (χ4n) is 3.35. The van der Waals surface area contributed by atoms with Crippen LogP contribution in [-0.4, -0.2) is 14.3 Å². The Morgan fingerprint density at radius 1 is 0.833 bits per heavy atom. The van der Waals surface area contributed by atoms with E-state index in [9.17, 15) is 17.4 Å². The fraction of sp³-hybridized carbons (Fsp3) is 0.0476. The highest BCUT2D eigenvalue weighted by Crippen LogP contribution is 2.45. The number of nitrogens with zero attached hydrogens (tertiary/aromatic N) is 3. The van der Waals surface area contributed by atoms with E-state index in [1.807, 2.05) is 36.4 Å². The molecule has 3 aromatic carbocycles. The summed E-state index contributed by atoms with van der Waals surface area (Å²) in [6.07, 6.45) is -4.71. The van der Waals surface area contributed by atoms with Crippen LogP contribution in [-0.2, 0) is 15.9 Å². The van der Waals surface area contributed by atoms with Crippen LogP contribution in [0.2, 0.25) is 0 Å². The summed E-state index contributed by atoms with van der Waals surface area (Å²) in [5.74, 6) is -1.59. The molecule has 9 heteroatoms. The zero-order valence-electron chi connectivity index (χ0n) is 15.1. The zero-order chi connectivity index (χ0) is 20.9. The van der Waals surface area contributed by atoms with Gasteiger partial charge in [0.1, 0.15) is 9.73 Å². The van der Waals surface area contributed by atoms with Crippen molar-refractivity contribution in [2.45, 2.75) is 16.0 Å². The lowest BCUT2D eigenvalue weighted by molar-refractivity contribution is -0.159. The van der Waals surface area contributed by atoms with Gasteiger partial charge in [0.2, 0.25) is 5.82 Å². The van der Waals surface area contributed by atoms with Crippen molar-refractivity contribution in [1.82, 2.24) is 10.1 Å². The molecule has 0 saturated heterocycles. The van der Waals surface area contributed by atoms with E-state index in [0.717, 1.165) is 11.1 Å². The standard InChI is InChI=1S/C21H12F3N3O2S/c22-21(23,24)20-25-19(26-29-20)13-9-11-14(12-10-13)27-30(28)17-7-3-1-5-15(17)16-6-2-4-8-18(16)30/h1-12H. The Balaban J connectivity index is 1.58. The first kappa shape index (κ1) is 18.6. The molecular formula is C21H12F3N3O2S. The van der Waals surface area contributed by atoms with E-state index in [4.69, 9.17) is 0 Å². The highest BCUT2D eigenvalue weighted by Gasteiger charge is 2.38. The molecule has 0 radical (unpaired) electrons. The van der Waals surface area contributed by atoms with Gasteiger partial charge in [0.05, 0.1) is 15.5 Å². The van der Waals surface area contributed by atoms with Crippen LogP contribution in [0.4, 0.5) is 18.9 Å². The predicted octanol–water partition coefficient (Wildman–Crippen LogP) is 5.95. The molecule has 2 heterocycles. The van der Waals surface area contributed by atoms with Crippen molar-refractivity contribution >= 4 is 15.4 Å². The van der Waals surface area contributed by atoms with Gasteiger partial charge in [-0.2, -0.15) is 22.5 Å². The summed E-state index contributed by atoms with van der Waals surface area (Å²) in [5.41, 5.74) is 2.51. The van der Waals surface area contributed by atoms with E-state index in [1.165, 1.54) is 12.1 Å². The van der Waals surface area contributed by atoms with Gasteiger partial charge in [0, 0.05) is 16.7 Å². The van der Waals surface area contributed by atoms with E-state index in [-0.39, 0.29) is 5.82 Å². The van der Waals surface area contributed by atoms with Gasteiger partial charge >= 0.3 is 12.1 Å². The number of hydrogen-bond acceptors (Lipinski definition) is 5. The van der Waals surface area contributed by atoms with Crippen LogP contribution in [0.3, 0.4) is 0 Å².